The summed E-state index contributed by atoms with van der Waals surface area (Å²) in [5.41, 5.74) is -0.631. The van der Waals surface area contributed by atoms with Gasteiger partial charge in [-0.05, 0) is 6.07 Å². The molecule has 0 fully saturated rings. The fourth-order valence-corrected chi connectivity index (χ4v) is 1.48. The van der Waals surface area contributed by atoms with Crippen molar-refractivity contribution >= 4 is 23.1 Å². The van der Waals surface area contributed by atoms with Crippen molar-refractivity contribution in [2.45, 2.75) is 0 Å². The van der Waals surface area contributed by atoms with Crippen LogP contribution in [0.1, 0.15) is 15.9 Å². The van der Waals surface area contributed by atoms with Crippen molar-refractivity contribution in [1.82, 2.24) is 0 Å². The van der Waals surface area contributed by atoms with Crippen LogP contribution in [0.5, 0.6) is 5.75 Å². The molecule has 7 heteroatoms. The number of ether oxygens (including phenoxy) is 1. The van der Waals surface area contributed by atoms with Crippen molar-refractivity contribution in [1.29, 1.82) is 5.26 Å². The zero-order valence-electron chi connectivity index (χ0n) is 8.77. The Morgan fingerprint density at radius 3 is 2.71 bits per heavy atom. The lowest BCUT2D eigenvalue weighted by Gasteiger charge is -2.08. The second-order valence-corrected chi connectivity index (χ2v) is 3.23. The highest BCUT2D eigenvalue weighted by Crippen LogP contribution is 2.31. The second kappa shape index (κ2) is 5.27. The molecule has 88 valence electrons. The molecule has 0 saturated carbocycles. The molecule has 0 amide bonds. The monoisotopic (exact) mass is 254 g/mol. The van der Waals surface area contributed by atoms with Crippen LogP contribution in [0.3, 0.4) is 0 Å². The van der Waals surface area contributed by atoms with Gasteiger partial charge >= 0.3 is 0 Å². The number of hydrogen-bond acceptors (Lipinski definition) is 5. The van der Waals surface area contributed by atoms with E-state index in [9.17, 15) is 14.9 Å². The topological polar surface area (TPSA) is 93.2 Å². The predicted molar refractivity (Wildman–Crippen MR) is 59.4 cm³/mol. The first-order valence-corrected chi connectivity index (χ1v) is 4.94. The van der Waals surface area contributed by atoms with Crippen molar-refractivity contribution in [3.63, 3.8) is 0 Å². The van der Waals surface area contributed by atoms with Gasteiger partial charge in [-0.2, -0.15) is 5.26 Å². The van der Waals surface area contributed by atoms with Gasteiger partial charge in [0.15, 0.2) is 17.1 Å². The fourth-order valence-electron chi connectivity index (χ4n) is 1.34. The van der Waals surface area contributed by atoms with Crippen LogP contribution in [0.2, 0.25) is 0 Å². The first-order chi connectivity index (χ1) is 8.06. The van der Waals surface area contributed by atoms with Gasteiger partial charge in [0, 0.05) is 6.07 Å². The average Bonchev–Trinajstić information content (AvgIpc) is 2.35. The number of halogens is 1. The maximum Gasteiger partial charge on any atom is 0.290 e. The lowest BCUT2D eigenvalue weighted by Crippen LogP contribution is -2.06. The Bertz CT molecular complexity index is 522. The number of hydrogen-bond donors (Lipinski definition) is 0. The van der Waals surface area contributed by atoms with E-state index in [2.05, 4.69) is 0 Å². The second-order valence-electron chi connectivity index (χ2n) is 2.97. The molecule has 1 aromatic carbocycles. The number of nitro groups is 1. The molecule has 0 aliphatic carbocycles. The highest BCUT2D eigenvalue weighted by molar-refractivity contribution is 6.30. The summed E-state index contributed by atoms with van der Waals surface area (Å²) in [5, 5.41) is 19.6. The van der Waals surface area contributed by atoms with Crippen LogP contribution in [-0.2, 0) is 0 Å². The number of nitriles is 1. The summed E-state index contributed by atoms with van der Waals surface area (Å²) >= 11 is 5.39. The van der Waals surface area contributed by atoms with Crippen molar-refractivity contribution in [3.05, 3.63) is 33.4 Å². The Hall–Kier alpha value is -2.13. The van der Waals surface area contributed by atoms with Gasteiger partial charge in [-0.25, -0.2) is 0 Å². The summed E-state index contributed by atoms with van der Waals surface area (Å²) in [5.74, 6) is -0.874. The summed E-state index contributed by atoms with van der Waals surface area (Å²) in [7, 11) is 1.23. The summed E-state index contributed by atoms with van der Waals surface area (Å²) < 4.78 is 4.87. The van der Waals surface area contributed by atoms with Crippen molar-refractivity contribution < 1.29 is 14.5 Å². The smallest absolute Gasteiger partial charge is 0.290 e. The molecule has 0 N–H and O–H groups in total. The van der Waals surface area contributed by atoms with Crippen molar-refractivity contribution in [3.8, 4) is 11.8 Å². The summed E-state index contributed by atoms with van der Waals surface area (Å²) in [6.45, 7) is 0. The molecule has 0 unspecified atom stereocenters. The summed E-state index contributed by atoms with van der Waals surface area (Å²) in [6.07, 6.45) is 0. The third-order valence-corrected chi connectivity index (χ3v) is 2.31. The van der Waals surface area contributed by atoms with Gasteiger partial charge in [-0.1, -0.05) is 0 Å². The number of benzene rings is 1. The van der Waals surface area contributed by atoms with Crippen LogP contribution in [0.25, 0.3) is 0 Å². The molecule has 0 spiro atoms. The first kappa shape index (κ1) is 12.9. The molecule has 0 atom stereocenters. The van der Waals surface area contributed by atoms with E-state index < -0.39 is 16.4 Å². The number of nitrogens with zero attached hydrogens (tertiary/aromatic N) is 2. The standard InChI is InChI=1S/C10H7ClN2O4/c1-17-10-6(9(14)4-11)2-3-8(13(15)16)7(10)5-12/h2-3H,4H2,1H3. The number of carbonyl (C=O) groups is 1. The van der Waals surface area contributed by atoms with E-state index in [1.54, 1.807) is 6.07 Å². The molecular formula is C10H7ClN2O4. The SMILES string of the molecule is COc1c(C(=O)CCl)ccc([N+](=O)[O-])c1C#N. The number of methoxy groups -OCH3 is 1. The van der Waals surface area contributed by atoms with Crippen LogP contribution in [-0.4, -0.2) is 23.7 Å². The Morgan fingerprint density at radius 2 is 2.29 bits per heavy atom. The van der Waals surface area contributed by atoms with Gasteiger partial charge in [-0.15, -0.1) is 11.6 Å². The molecule has 1 rings (SSSR count). The van der Waals surface area contributed by atoms with Gasteiger partial charge in [0.25, 0.3) is 5.69 Å². The number of nitro benzene ring substituents is 1. The van der Waals surface area contributed by atoms with Crippen LogP contribution in [0.15, 0.2) is 12.1 Å². The maximum atomic E-state index is 11.5. The van der Waals surface area contributed by atoms with Gasteiger partial charge in [0.05, 0.1) is 23.5 Å². The average molecular weight is 255 g/mol. The minimum atomic E-state index is -0.712. The summed E-state index contributed by atoms with van der Waals surface area (Å²) in [4.78, 5) is 21.4. The molecule has 0 aromatic heterocycles. The van der Waals surface area contributed by atoms with Gasteiger partial charge in [0.1, 0.15) is 6.07 Å². The van der Waals surface area contributed by atoms with E-state index in [4.69, 9.17) is 21.6 Å². The molecule has 0 saturated heterocycles. The van der Waals surface area contributed by atoms with E-state index in [0.29, 0.717) is 0 Å². The van der Waals surface area contributed by atoms with Crippen LogP contribution in [0.4, 0.5) is 5.69 Å². The highest BCUT2D eigenvalue weighted by atomic mass is 35.5. The lowest BCUT2D eigenvalue weighted by atomic mass is 10.0. The van der Waals surface area contributed by atoms with E-state index in [1.165, 1.54) is 13.2 Å². The number of alkyl halides is 1. The largest absolute Gasteiger partial charge is 0.494 e. The van der Waals surface area contributed by atoms with Crippen LogP contribution < -0.4 is 4.74 Å². The Balaban J connectivity index is 3.55. The maximum absolute atomic E-state index is 11.5. The third-order valence-electron chi connectivity index (χ3n) is 2.07. The zero-order valence-corrected chi connectivity index (χ0v) is 9.52. The molecule has 1 aromatic rings. The normalized spacial score (nSPS) is 9.47. The number of Topliss-reactive ketones (excluding diaryl/α,β-unsaturated/α-hetero) is 1. The number of carbonyl (C=O) groups excluding carboxylic acids is 1. The van der Waals surface area contributed by atoms with Crippen molar-refractivity contribution in [2.24, 2.45) is 0 Å². The highest BCUT2D eigenvalue weighted by Gasteiger charge is 2.24. The Kier molecular flexibility index (Phi) is 4.01. The molecule has 0 aliphatic heterocycles. The first-order valence-electron chi connectivity index (χ1n) is 4.41. The summed E-state index contributed by atoms with van der Waals surface area (Å²) in [6, 6.07) is 3.96. The predicted octanol–water partition coefficient (Wildman–Crippen LogP) is 1.90. The number of ketones is 1. The van der Waals surface area contributed by atoms with E-state index in [-0.39, 0.29) is 22.8 Å². The third kappa shape index (κ3) is 2.34. The van der Waals surface area contributed by atoms with Gasteiger partial charge < -0.3 is 4.74 Å². The molecule has 0 aliphatic rings. The van der Waals surface area contributed by atoms with E-state index >= 15 is 0 Å². The zero-order chi connectivity index (χ0) is 13.0. The number of rotatable bonds is 4. The van der Waals surface area contributed by atoms with Crippen molar-refractivity contribution in [2.75, 3.05) is 13.0 Å². The van der Waals surface area contributed by atoms with E-state index in [0.717, 1.165) is 6.07 Å². The Morgan fingerprint density at radius 1 is 1.65 bits per heavy atom. The molecule has 0 heterocycles. The Labute approximate surface area is 102 Å². The minimum absolute atomic E-state index is 0.0599. The lowest BCUT2D eigenvalue weighted by molar-refractivity contribution is -0.385. The van der Waals surface area contributed by atoms with Crippen LogP contribution in [0, 0.1) is 21.4 Å². The molecule has 6 nitrogen and oxygen atoms in total. The van der Waals surface area contributed by atoms with E-state index in [1.807, 2.05) is 0 Å². The van der Waals surface area contributed by atoms with Gasteiger partial charge in [0.2, 0.25) is 0 Å². The van der Waals surface area contributed by atoms with Gasteiger partial charge in [-0.3, -0.25) is 14.9 Å². The molecule has 17 heavy (non-hydrogen) atoms. The molecular weight excluding hydrogens is 248 g/mol. The minimum Gasteiger partial charge on any atom is -0.494 e. The van der Waals surface area contributed by atoms with Crippen LogP contribution >= 0.6 is 11.6 Å². The fraction of sp³-hybridized carbons (Fsp3) is 0.200. The quantitative estimate of drug-likeness (QED) is 0.354. The molecule has 0 radical (unpaired) electrons. The molecule has 0 bridgehead atoms.